The molecule has 140 valence electrons. The van der Waals surface area contributed by atoms with Gasteiger partial charge in [0.15, 0.2) is 0 Å². The molecule has 0 atom stereocenters. The number of aromatic nitrogens is 2. The van der Waals surface area contributed by atoms with Crippen LogP contribution < -0.4 is 5.32 Å². The predicted octanol–water partition coefficient (Wildman–Crippen LogP) is 5.09. The number of anilines is 1. The number of halogens is 4. The molecule has 0 spiro atoms. The van der Waals surface area contributed by atoms with Gasteiger partial charge in [-0.25, -0.2) is 0 Å². The second-order valence-corrected chi connectivity index (χ2v) is 7.47. The van der Waals surface area contributed by atoms with Crippen LogP contribution in [0.25, 0.3) is 11.5 Å². The minimum Gasteiger partial charge on any atom is -0.411 e. The van der Waals surface area contributed by atoms with Crippen LogP contribution in [0.4, 0.5) is 18.9 Å². The zero-order valence-corrected chi connectivity index (χ0v) is 16.4. The quantitative estimate of drug-likeness (QED) is 0.387. The van der Waals surface area contributed by atoms with Crippen molar-refractivity contribution in [3.05, 3.63) is 57.7 Å². The Kier molecular flexibility index (Phi) is 6.05. The molecule has 3 aromatic rings. The number of benzene rings is 2. The zero-order valence-electron chi connectivity index (χ0n) is 13.5. The summed E-state index contributed by atoms with van der Waals surface area (Å²) in [6.07, 6.45) is -4.47. The van der Waals surface area contributed by atoms with Crippen molar-refractivity contribution in [2.45, 2.75) is 11.4 Å². The smallest absolute Gasteiger partial charge is 0.411 e. The molecular weight excluding hydrogens is 494 g/mol. The lowest BCUT2D eigenvalue weighted by Crippen LogP contribution is -2.15. The van der Waals surface area contributed by atoms with Crippen LogP contribution in [0.2, 0.25) is 0 Å². The average Bonchev–Trinajstić information content (AvgIpc) is 3.09. The van der Waals surface area contributed by atoms with E-state index in [4.69, 9.17) is 4.42 Å². The van der Waals surface area contributed by atoms with Gasteiger partial charge in [0, 0.05) is 14.8 Å². The SMILES string of the molecule is O=C(CSc1nnc(-c2ccc(I)cc2)o1)Nc1cccc(C(F)(F)F)c1. The van der Waals surface area contributed by atoms with Crippen LogP contribution in [0.15, 0.2) is 58.2 Å². The number of nitrogens with zero attached hydrogens (tertiary/aromatic N) is 2. The fraction of sp³-hybridized carbons (Fsp3) is 0.118. The first kappa shape index (κ1) is 19.7. The van der Waals surface area contributed by atoms with Crippen molar-refractivity contribution in [2.75, 3.05) is 11.1 Å². The van der Waals surface area contributed by atoms with Gasteiger partial charge >= 0.3 is 6.18 Å². The molecule has 1 N–H and O–H groups in total. The molecule has 5 nitrogen and oxygen atoms in total. The molecule has 0 aliphatic rings. The monoisotopic (exact) mass is 505 g/mol. The van der Waals surface area contributed by atoms with Crippen molar-refractivity contribution in [2.24, 2.45) is 0 Å². The van der Waals surface area contributed by atoms with E-state index in [1.165, 1.54) is 12.1 Å². The van der Waals surface area contributed by atoms with Gasteiger partial charge in [-0.15, -0.1) is 10.2 Å². The van der Waals surface area contributed by atoms with Gasteiger partial charge in [0.05, 0.1) is 11.3 Å². The van der Waals surface area contributed by atoms with Crippen LogP contribution in [0.1, 0.15) is 5.56 Å². The fourth-order valence-electron chi connectivity index (χ4n) is 2.07. The first-order chi connectivity index (χ1) is 12.8. The van der Waals surface area contributed by atoms with Crippen LogP contribution >= 0.6 is 34.4 Å². The highest BCUT2D eigenvalue weighted by atomic mass is 127. The van der Waals surface area contributed by atoms with E-state index in [-0.39, 0.29) is 16.7 Å². The molecule has 0 saturated carbocycles. The highest BCUT2D eigenvalue weighted by Crippen LogP contribution is 2.30. The minimum atomic E-state index is -4.47. The number of nitrogens with one attached hydrogen (secondary N) is 1. The van der Waals surface area contributed by atoms with E-state index in [9.17, 15) is 18.0 Å². The van der Waals surface area contributed by atoms with Crippen molar-refractivity contribution in [3.8, 4) is 11.5 Å². The third kappa shape index (κ3) is 5.45. The molecule has 0 aliphatic carbocycles. The van der Waals surface area contributed by atoms with Gasteiger partial charge in [-0.2, -0.15) is 13.2 Å². The number of hydrogen-bond acceptors (Lipinski definition) is 5. The zero-order chi connectivity index (χ0) is 19.4. The van der Waals surface area contributed by atoms with Crippen LogP contribution in [0, 0.1) is 3.57 Å². The lowest BCUT2D eigenvalue weighted by Gasteiger charge is -2.09. The van der Waals surface area contributed by atoms with Crippen LogP contribution in [-0.4, -0.2) is 21.9 Å². The molecule has 1 heterocycles. The Labute approximate surface area is 169 Å². The number of alkyl halides is 3. The Balaban J connectivity index is 1.58. The molecule has 0 bridgehead atoms. The van der Waals surface area contributed by atoms with Crippen molar-refractivity contribution >= 4 is 45.9 Å². The maximum atomic E-state index is 12.7. The first-order valence-corrected chi connectivity index (χ1v) is 9.57. The highest BCUT2D eigenvalue weighted by Gasteiger charge is 2.30. The van der Waals surface area contributed by atoms with Crippen LogP contribution in [0.5, 0.6) is 0 Å². The van der Waals surface area contributed by atoms with E-state index in [0.717, 1.165) is 33.0 Å². The molecular formula is C17H11F3IN3O2S. The molecule has 0 unspecified atom stereocenters. The third-order valence-electron chi connectivity index (χ3n) is 3.30. The Bertz CT molecular complexity index is 945. The van der Waals surface area contributed by atoms with Crippen molar-refractivity contribution in [3.63, 3.8) is 0 Å². The molecule has 1 amide bonds. The van der Waals surface area contributed by atoms with Gasteiger partial charge in [-0.3, -0.25) is 4.79 Å². The van der Waals surface area contributed by atoms with E-state index in [1.54, 1.807) is 0 Å². The fourth-order valence-corrected chi connectivity index (χ4v) is 3.00. The van der Waals surface area contributed by atoms with E-state index >= 15 is 0 Å². The number of thioether (sulfide) groups is 1. The van der Waals surface area contributed by atoms with Gasteiger partial charge in [0.1, 0.15) is 0 Å². The summed E-state index contributed by atoms with van der Waals surface area (Å²) in [7, 11) is 0. The second-order valence-electron chi connectivity index (χ2n) is 5.30. The summed E-state index contributed by atoms with van der Waals surface area (Å²) >= 11 is 3.18. The highest BCUT2D eigenvalue weighted by molar-refractivity contribution is 14.1. The molecule has 0 aliphatic heterocycles. The number of carbonyl (C=O) groups excluding carboxylic acids is 1. The molecule has 1 aromatic heterocycles. The predicted molar refractivity (Wildman–Crippen MR) is 103 cm³/mol. The second kappa shape index (κ2) is 8.30. The standard InChI is InChI=1S/C17H11F3IN3O2S/c18-17(19,20)11-2-1-3-13(8-11)22-14(25)9-27-16-24-23-15(26-16)10-4-6-12(21)7-5-10/h1-8H,9H2,(H,22,25). The molecule has 27 heavy (non-hydrogen) atoms. The van der Waals surface area contributed by atoms with Crippen molar-refractivity contribution in [1.29, 1.82) is 0 Å². The number of carbonyl (C=O) groups is 1. The normalized spacial score (nSPS) is 11.4. The average molecular weight is 505 g/mol. The molecule has 2 aromatic carbocycles. The van der Waals surface area contributed by atoms with E-state index in [2.05, 4.69) is 38.1 Å². The van der Waals surface area contributed by atoms with E-state index in [1.807, 2.05) is 24.3 Å². The maximum absolute atomic E-state index is 12.7. The van der Waals surface area contributed by atoms with E-state index < -0.39 is 17.6 Å². The summed E-state index contributed by atoms with van der Waals surface area (Å²) in [6.45, 7) is 0. The minimum absolute atomic E-state index is 0.0699. The molecule has 3 rings (SSSR count). The summed E-state index contributed by atoms with van der Waals surface area (Å²) in [5.74, 6) is -0.231. The lowest BCUT2D eigenvalue weighted by molar-refractivity contribution is -0.137. The Hall–Kier alpha value is -2.08. The summed E-state index contributed by atoms with van der Waals surface area (Å²) < 4.78 is 44.6. The van der Waals surface area contributed by atoms with Gasteiger partial charge in [-0.05, 0) is 65.1 Å². The molecule has 0 saturated heterocycles. The third-order valence-corrected chi connectivity index (χ3v) is 4.84. The van der Waals surface area contributed by atoms with Crippen molar-refractivity contribution < 1.29 is 22.4 Å². The van der Waals surface area contributed by atoms with Crippen LogP contribution in [0.3, 0.4) is 0 Å². The topological polar surface area (TPSA) is 68.0 Å². The van der Waals surface area contributed by atoms with Gasteiger partial charge in [-0.1, -0.05) is 17.8 Å². The molecule has 10 heteroatoms. The summed E-state index contributed by atoms with van der Waals surface area (Å²) in [6, 6.07) is 11.9. The maximum Gasteiger partial charge on any atom is 0.416 e. The Morgan fingerprint density at radius 3 is 2.59 bits per heavy atom. The first-order valence-electron chi connectivity index (χ1n) is 7.50. The van der Waals surface area contributed by atoms with Gasteiger partial charge in [0.2, 0.25) is 11.8 Å². The Morgan fingerprint density at radius 2 is 1.89 bits per heavy atom. The summed E-state index contributed by atoms with van der Waals surface area (Å²) in [5, 5.41) is 10.4. The number of rotatable bonds is 5. The van der Waals surface area contributed by atoms with Crippen LogP contribution in [-0.2, 0) is 11.0 Å². The summed E-state index contributed by atoms with van der Waals surface area (Å²) in [4.78, 5) is 12.0. The molecule has 0 fully saturated rings. The molecule has 0 radical (unpaired) electrons. The Morgan fingerprint density at radius 1 is 1.15 bits per heavy atom. The van der Waals surface area contributed by atoms with Crippen molar-refractivity contribution in [1.82, 2.24) is 10.2 Å². The lowest BCUT2D eigenvalue weighted by atomic mass is 10.2. The number of hydrogen-bond donors (Lipinski definition) is 1. The number of amides is 1. The van der Waals surface area contributed by atoms with Gasteiger partial charge in [0.25, 0.3) is 5.22 Å². The van der Waals surface area contributed by atoms with Gasteiger partial charge < -0.3 is 9.73 Å². The summed E-state index contributed by atoms with van der Waals surface area (Å²) in [5.41, 5.74) is -0.00395. The van der Waals surface area contributed by atoms with E-state index in [0.29, 0.717) is 5.89 Å². The largest absolute Gasteiger partial charge is 0.416 e.